The van der Waals surface area contributed by atoms with Crippen molar-refractivity contribution in [2.75, 3.05) is 45.9 Å². The molecule has 0 fully saturated rings. The van der Waals surface area contributed by atoms with Crippen LogP contribution in [0, 0.1) is 11.3 Å². The summed E-state index contributed by atoms with van der Waals surface area (Å²) in [5.74, 6) is 0.126. The Balaban J connectivity index is 0. The molecule has 0 aromatic heterocycles. The van der Waals surface area contributed by atoms with Gasteiger partial charge in [-0.05, 0) is 46.0 Å². The molecule has 9 nitrogen and oxygen atoms in total. The number of carbonyl (C=O) groups excluding carboxylic acids is 1. The molecule has 0 aliphatic rings. The molecule has 1 amide bonds. The number of quaternary nitrogens is 1. The second-order valence-corrected chi connectivity index (χ2v) is 11.0. The molecular formula is C29H57N3O6S. The lowest BCUT2D eigenvalue weighted by atomic mass is 10.1. The van der Waals surface area contributed by atoms with Crippen LogP contribution in [-0.4, -0.2) is 74.4 Å². The standard InChI is InChI=1S/C27H51N3O2.C2H6O4S/c1-3-5-6-7-8-9-10-11-12-13-14-15-16-17-18-20-27(32)29-22-24-30(4-2,25-26-31)23-19-21-28;1-2-6-7(3,4)5/h11-12,31H,3-10,13-20,22-26H2,1-2H3;2H2,1H3,(H,3,4,5)/b12-11-;. The summed E-state index contributed by atoms with van der Waals surface area (Å²) in [6, 6.07) is 2.20. The van der Waals surface area contributed by atoms with Crippen LogP contribution in [0.4, 0.5) is 0 Å². The van der Waals surface area contributed by atoms with Crippen LogP contribution in [0.5, 0.6) is 0 Å². The third-order valence-corrected chi connectivity index (χ3v) is 7.30. The van der Waals surface area contributed by atoms with Gasteiger partial charge in [-0.3, -0.25) is 8.98 Å². The van der Waals surface area contributed by atoms with Gasteiger partial charge in [-0.1, -0.05) is 70.4 Å². The smallest absolute Gasteiger partial charge is 0.220 e. The molecule has 2 N–H and O–H groups in total. The molecule has 0 heterocycles. The third-order valence-electron chi connectivity index (χ3n) is 6.78. The number of hydrogen-bond acceptors (Lipinski definition) is 7. The van der Waals surface area contributed by atoms with Crippen molar-refractivity contribution in [2.45, 2.75) is 117 Å². The Morgan fingerprint density at radius 1 is 0.923 bits per heavy atom. The maximum Gasteiger partial charge on any atom is 0.220 e. The van der Waals surface area contributed by atoms with Crippen molar-refractivity contribution in [3.05, 3.63) is 12.2 Å². The summed E-state index contributed by atoms with van der Waals surface area (Å²) in [5.41, 5.74) is 0. The number of nitrogens with one attached hydrogen (secondary N) is 1. The Labute approximate surface area is 239 Å². The number of hydrogen-bond donors (Lipinski definition) is 2. The van der Waals surface area contributed by atoms with Gasteiger partial charge in [-0.25, -0.2) is 8.42 Å². The van der Waals surface area contributed by atoms with E-state index in [4.69, 9.17) is 5.26 Å². The molecule has 39 heavy (non-hydrogen) atoms. The highest BCUT2D eigenvalue weighted by Crippen LogP contribution is 2.10. The highest BCUT2D eigenvalue weighted by molar-refractivity contribution is 7.80. The first-order valence-electron chi connectivity index (χ1n) is 15.0. The highest BCUT2D eigenvalue weighted by atomic mass is 32.3. The van der Waals surface area contributed by atoms with Crippen molar-refractivity contribution in [2.24, 2.45) is 0 Å². The number of aliphatic hydroxyl groups excluding tert-OH is 1. The van der Waals surface area contributed by atoms with E-state index in [1.807, 2.05) is 0 Å². The number of rotatable bonds is 25. The lowest BCUT2D eigenvalue weighted by molar-refractivity contribution is -0.925. The molecule has 10 heteroatoms. The van der Waals surface area contributed by atoms with Crippen LogP contribution < -0.4 is 5.32 Å². The summed E-state index contributed by atoms with van der Waals surface area (Å²) in [4.78, 5) is 12.1. The first kappa shape index (κ1) is 39.6. The van der Waals surface area contributed by atoms with Crippen LogP contribution >= 0.6 is 0 Å². The average Bonchev–Trinajstić information content (AvgIpc) is 2.89. The van der Waals surface area contributed by atoms with Gasteiger partial charge in [0.15, 0.2) is 0 Å². The third kappa shape index (κ3) is 29.3. The van der Waals surface area contributed by atoms with Crippen LogP contribution in [0.2, 0.25) is 0 Å². The SMILES string of the molecule is CCCCCCCC/C=C\CCCCCCCC(=O)NCC[N+](CC)(CCO)CCC#N.CCOS(=O)(=O)[O-]. The van der Waals surface area contributed by atoms with Crippen LogP contribution in [-0.2, 0) is 19.4 Å². The maximum absolute atomic E-state index is 12.1. The highest BCUT2D eigenvalue weighted by Gasteiger charge is 2.24. The lowest BCUT2D eigenvalue weighted by Crippen LogP contribution is -2.53. The van der Waals surface area contributed by atoms with Gasteiger partial charge in [-0.15, -0.1) is 0 Å². The summed E-state index contributed by atoms with van der Waals surface area (Å²) in [6.45, 7) is 9.43. The fourth-order valence-electron chi connectivity index (χ4n) is 4.33. The zero-order chi connectivity index (χ0) is 29.7. The molecule has 0 radical (unpaired) electrons. The largest absolute Gasteiger partial charge is 0.726 e. The molecule has 0 saturated carbocycles. The molecule has 0 spiro atoms. The number of likely N-dealkylation sites (N-methyl/N-ethyl adjacent to an activating group) is 1. The Hall–Kier alpha value is -1.51. The van der Waals surface area contributed by atoms with Crippen molar-refractivity contribution in [1.29, 1.82) is 5.26 Å². The van der Waals surface area contributed by atoms with Gasteiger partial charge in [-0.2, -0.15) is 5.26 Å². The molecule has 0 saturated heterocycles. The summed E-state index contributed by atoms with van der Waals surface area (Å²) >= 11 is 0. The normalized spacial score (nSPS) is 12.9. The number of carbonyl (C=O) groups is 1. The summed E-state index contributed by atoms with van der Waals surface area (Å²) < 4.78 is 32.7. The predicted octanol–water partition coefficient (Wildman–Crippen LogP) is 5.37. The van der Waals surface area contributed by atoms with E-state index in [9.17, 15) is 22.9 Å². The van der Waals surface area contributed by atoms with Gasteiger partial charge in [0, 0.05) is 6.42 Å². The van der Waals surface area contributed by atoms with Gasteiger partial charge in [0.1, 0.15) is 6.54 Å². The van der Waals surface area contributed by atoms with Gasteiger partial charge < -0.3 is 19.5 Å². The summed E-state index contributed by atoms with van der Waals surface area (Å²) in [6.07, 6.45) is 22.2. The summed E-state index contributed by atoms with van der Waals surface area (Å²) in [5, 5.41) is 21.3. The van der Waals surface area contributed by atoms with Gasteiger partial charge in [0.05, 0.1) is 51.9 Å². The maximum atomic E-state index is 12.1. The van der Waals surface area contributed by atoms with Gasteiger partial charge in [0.25, 0.3) is 0 Å². The Bertz CT molecular complexity index is 740. The Kier molecular flexibility index (Phi) is 28.5. The molecule has 0 rings (SSSR count). The number of aliphatic hydroxyl groups is 1. The Morgan fingerprint density at radius 3 is 1.95 bits per heavy atom. The van der Waals surface area contributed by atoms with Gasteiger partial charge in [0.2, 0.25) is 16.3 Å². The molecule has 1 unspecified atom stereocenters. The van der Waals surface area contributed by atoms with E-state index in [0.717, 1.165) is 32.5 Å². The van der Waals surface area contributed by atoms with E-state index in [1.54, 1.807) is 0 Å². The molecule has 230 valence electrons. The zero-order valence-electron chi connectivity index (χ0n) is 25.0. The second-order valence-electron chi connectivity index (χ2n) is 9.96. The number of allylic oxidation sites excluding steroid dienone is 2. The van der Waals surface area contributed by atoms with E-state index < -0.39 is 10.4 Å². The minimum Gasteiger partial charge on any atom is -0.726 e. The van der Waals surface area contributed by atoms with E-state index in [-0.39, 0.29) is 19.1 Å². The summed E-state index contributed by atoms with van der Waals surface area (Å²) in [7, 11) is -4.42. The van der Waals surface area contributed by atoms with Crippen LogP contribution in [0.15, 0.2) is 12.2 Å². The fraction of sp³-hybridized carbons (Fsp3) is 0.862. The average molecular weight is 576 g/mol. The monoisotopic (exact) mass is 575 g/mol. The molecule has 0 aliphatic carbocycles. The van der Waals surface area contributed by atoms with E-state index in [1.165, 1.54) is 77.6 Å². The van der Waals surface area contributed by atoms with Crippen molar-refractivity contribution >= 4 is 16.3 Å². The molecule has 0 aromatic rings. The quantitative estimate of drug-likeness (QED) is 0.0490. The van der Waals surface area contributed by atoms with E-state index >= 15 is 0 Å². The van der Waals surface area contributed by atoms with Crippen LogP contribution in [0.3, 0.4) is 0 Å². The topological polar surface area (TPSA) is 140 Å². The molecule has 1 atom stereocenters. The van der Waals surface area contributed by atoms with E-state index in [0.29, 0.717) is 30.4 Å². The van der Waals surface area contributed by atoms with Crippen molar-refractivity contribution < 1.29 is 31.5 Å². The first-order chi connectivity index (χ1) is 18.7. The minimum absolute atomic E-state index is 0.0914. The number of nitrogens with zero attached hydrogens (tertiary/aromatic N) is 2. The molecule has 0 aromatic carbocycles. The minimum atomic E-state index is -4.42. The van der Waals surface area contributed by atoms with Crippen molar-refractivity contribution in [3.63, 3.8) is 0 Å². The second kappa shape index (κ2) is 28.0. The molecule has 0 bridgehead atoms. The lowest BCUT2D eigenvalue weighted by Gasteiger charge is -2.36. The van der Waals surface area contributed by atoms with Crippen molar-refractivity contribution in [3.8, 4) is 6.07 Å². The van der Waals surface area contributed by atoms with Gasteiger partial charge >= 0.3 is 0 Å². The first-order valence-corrected chi connectivity index (χ1v) is 16.4. The van der Waals surface area contributed by atoms with Crippen molar-refractivity contribution in [1.82, 2.24) is 5.32 Å². The van der Waals surface area contributed by atoms with Crippen LogP contribution in [0.25, 0.3) is 0 Å². The number of unbranched alkanes of at least 4 members (excludes halogenated alkanes) is 11. The number of nitriles is 1. The van der Waals surface area contributed by atoms with Crippen LogP contribution in [0.1, 0.15) is 117 Å². The zero-order valence-corrected chi connectivity index (χ0v) is 25.8. The van der Waals surface area contributed by atoms with E-state index in [2.05, 4.69) is 41.6 Å². The molecular weight excluding hydrogens is 518 g/mol. The number of amides is 1. The Morgan fingerprint density at radius 2 is 1.49 bits per heavy atom. The fourth-order valence-corrected chi connectivity index (χ4v) is 4.62. The molecule has 0 aliphatic heterocycles. The predicted molar refractivity (Wildman–Crippen MR) is 157 cm³/mol.